The largest absolute Gasteiger partial charge is 0.376 e. The molecule has 2 heteroatoms. The van der Waals surface area contributed by atoms with Crippen LogP contribution in [0.15, 0.2) is 52.8 Å². The minimum absolute atomic E-state index is 0.469. The molecule has 2 nitrogen and oxygen atoms in total. The molecule has 0 fully saturated rings. The molecule has 0 aromatic rings. The van der Waals surface area contributed by atoms with Gasteiger partial charge in [-0.05, 0) is 30.9 Å². The second kappa shape index (κ2) is 6.55. The summed E-state index contributed by atoms with van der Waals surface area (Å²) < 4.78 is 0. The van der Waals surface area contributed by atoms with Gasteiger partial charge in [0.15, 0.2) is 0 Å². The highest BCUT2D eigenvalue weighted by Crippen LogP contribution is 2.26. The Labute approximate surface area is 117 Å². The highest BCUT2D eigenvalue weighted by Gasteiger charge is 2.14. The van der Waals surface area contributed by atoms with E-state index in [1.54, 1.807) is 0 Å². The van der Waals surface area contributed by atoms with Crippen molar-refractivity contribution in [2.24, 2.45) is 10.9 Å². The number of allylic oxidation sites excluding steroid dienone is 2. The van der Waals surface area contributed by atoms with Crippen LogP contribution in [0.25, 0.3) is 0 Å². The average molecular weight is 258 g/mol. The van der Waals surface area contributed by atoms with Crippen molar-refractivity contribution < 1.29 is 0 Å². The Morgan fingerprint density at radius 1 is 1.42 bits per heavy atom. The Kier molecular flexibility index (Phi) is 5.34. The highest BCUT2D eigenvalue weighted by atomic mass is 15.1. The topological polar surface area (TPSA) is 15.6 Å². The fourth-order valence-corrected chi connectivity index (χ4v) is 1.91. The molecule has 1 aliphatic heterocycles. The summed E-state index contributed by atoms with van der Waals surface area (Å²) in [5.41, 5.74) is 5.84. The van der Waals surface area contributed by atoms with E-state index in [1.165, 1.54) is 16.9 Å². The smallest absolute Gasteiger partial charge is 0.0497 e. The lowest BCUT2D eigenvalue weighted by molar-refractivity contribution is 0.500. The van der Waals surface area contributed by atoms with Crippen molar-refractivity contribution in [2.45, 2.75) is 34.1 Å². The number of nitrogens with zero attached hydrogens (tertiary/aromatic N) is 2. The molecular weight excluding hydrogens is 232 g/mol. The summed E-state index contributed by atoms with van der Waals surface area (Å²) in [5, 5.41) is 0. The van der Waals surface area contributed by atoms with Crippen LogP contribution in [0.5, 0.6) is 0 Å². The lowest BCUT2D eigenvalue weighted by atomic mass is 10.0. The molecule has 1 rings (SSSR count). The Bertz CT molecular complexity index is 462. The van der Waals surface area contributed by atoms with Crippen molar-refractivity contribution in [3.8, 4) is 0 Å². The molecule has 0 bridgehead atoms. The first-order chi connectivity index (χ1) is 8.85. The van der Waals surface area contributed by atoms with E-state index >= 15 is 0 Å². The lowest BCUT2D eigenvalue weighted by Gasteiger charge is -2.14. The maximum Gasteiger partial charge on any atom is 0.0497 e. The van der Waals surface area contributed by atoms with Gasteiger partial charge in [0, 0.05) is 37.6 Å². The SMILES string of the molecule is C=CC1=C(N=C(C)C(C)C)CC(C(=C)C)=CN(C)C1. The van der Waals surface area contributed by atoms with Gasteiger partial charge in [-0.25, -0.2) is 0 Å². The lowest BCUT2D eigenvalue weighted by Crippen LogP contribution is -2.13. The molecule has 1 heterocycles. The third-order valence-electron chi connectivity index (χ3n) is 3.47. The molecule has 0 aromatic carbocycles. The average Bonchev–Trinajstić information content (AvgIpc) is 2.48. The van der Waals surface area contributed by atoms with Crippen LogP contribution < -0.4 is 0 Å². The molecule has 0 aliphatic carbocycles. The van der Waals surface area contributed by atoms with E-state index in [0.717, 1.165) is 24.2 Å². The van der Waals surface area contributed by atoms with Crippen molar-refractivity contribution in [3.63, 3.8) is 0 Å². The summed E-state index contributed by atoms with van der Waals surface area (Å²) in [5.74, 6) is 0.469. The predicted octanol–water partition coefficient (Wildman–Crippen LogP) is 4.34. The van der Waals surface area contributed by atoms with Gasteiger partial charge in [-0.2, -0.15) is 0 Å². The number of hydrogen-bond donors (Lipinski definition) is 0. The minimum Gasteiger partial charge on any atom is -0.376 e. The standard InChI is InChI=1S/C17H26N2/c1-8-15-10-19(7)11-16(13(4)5)9-17(15)18-14(6)12(2)3/h8,11-12H,1,4,9-10H2,2-3,5-7H3. The maximum absolute atomic E-state index is 4.83. The van der Waals surface area contributed by atoms with Crippen molar-refractivity contribution in [2.75, 3.05) is 13.6 Å². The van der Waals surface area contributed by atoms with Crippen molar-refractivity contribution in [1.82, 2.24) is 4.90 Å². The first kappa shape index (κ1) is 15.5. The van der Waals surface area contributed by atoms with Gasteiger partial charge in [0.1, 0.15) is 0 Å². The van der Waals surface area contributed by atoms with Crippen LogP contribution in [0.2, 0.25) is 0 Å². The third-order valence-corrected chi connectivity index (χ3v) is 3.47. The Balaban J connectivity index is 3.22. The van der Waals surface area contributed by atoms with Crippen molar-refractivity contribution >= 4 is 5.71 Å². The van der Waals surface area contributed by atoms with Gasteiger partial charge in [0.05, 0.1) is 0 Å². The zero-order chi connectivity index (χ0) is 14.6. The van der Waals surface area contributed by atoms with Crippen LogP contribution in [-0.2, 0) is 0 Å². The van der Waals surface area contributed by atoms with E-state index in [4.69, 9.17) is 4.99 Å². The van der Waals surface area contributed by atoms with Crippen LogP contribution >= 0.6 is 0 Å². The summed E-state index contributed by atoms with van der Waals surface area (Å²) in [4.78, 5) is 7.01. The molecule has 0 aromatic heterocycles. The van der Waals surface area contributed by atoms with Crippen LogP contribution in [0.3, 0.4) is 0 Å². The third kappa shape index (κ3) is 4.23. The molecule has 0 saturated carbocycles. The maximum atomic E-state index is 4.83. The first-order valence-corrected chi connectivity index (χ1v) is 6.81. The quantitative estimate of drug-likeness (QED) is 0.685. The predicted molar refractivity (Wildman–Crippen MR) is 85.3 cm³/mol. The molecule has 19 heavy (non-hydrogen) atoms. The zero-order valence-corrected chi connectivity index (χ0v) is 13.0. The number of aliphatic imine (C=N–C) groups is 1. The van der Waals surface area contributed by atoms with E-state index in [2.05, 4.69) is 59.0 Å². The second-order valence-corrected chi connectivity index (χ2v) is 5.61. The van der Waals surface area contributed by atoms with Crippen LogP contribution in [0.4, 0.5) is 0 Å². The number of hydrogen-bond acceptors (Lipinski definition) is 2. The highest BCUT2D eigenvalue weighted by molar-refractivity contribution is 5.84. The molecule has 0 saturated heterocycles. The molecule has 0 amide bonds. The van der Waals surface area contributed by atoms with Gasteiger partial charge >= 0.3 is 0 Å². The van der Waals surface area contributed by atoms with Gasteiger partial charge in [0.25, 0.3) is 0 Å². The van der Waals surface area contributed by atoms with Crippen molar-refractivity contribution in [1.29, 1.82) is 0 Å². The van der Waals surface area contributed by atoms with Crippen LogP contribution in [0, 0.1) is 5.92 Å². The normalized spacial score (nSPS) is 17.5. The van der Waals surface area contributed by atoms with Crippen LogP contribution in [-0.4, -0.2) is 24.2 Å². The molecule has 0 unspecified atom stereocenters. The molecule has 1 aliphatic rings. The summed E-state index contributed by atoms with van der Waals surface area (Å²) >= 11 is 0. The van der Waals surface area contributed by atoms with Gasteiger partial charge in [-0.3, -0.25) is 4.99 Å². The molecule has 0 radical (unpaired) electrons. The molecule has 0 spiro atoms. The Morgan fingerprint density at radius 3 is 2.53 bits per heavy atom. The fourth-order valence-electron chi connectivity index (χ4n) is 1.91. The fraction of sp³-hybridized carbons (Fsp3) is 0.471. The zero-order valence-electron chi connectivity index (χ0n) is 13.0. The number of rotatable bonds is 4. The summed E-state index contributed by atoms with van der Waals surface area (Å²) in [6, 6.07) is 0. The van der Waals surface area contributed by atoms with Gasteiger partial charge < -0.3 is 4.90 Å². The first-order valence-electron chi connectivity index (χ1n) is 6.81. The monoisotopic (exact) mass is 258 g/mol. The van der Waals surface area contributed by atoms with Crippen molar-refractivity contribution in [3.05, 3.63) is 47.9 Å². The van der Waals surface area contributed by atoms with Gasteiger partial charge in [-0.1, -0.05) is 38.7 Å². The summed E-state index contributed by atoms with van der Waals surface area (Å²) in [7, 11) is 2.08. The van der Waals surface area contributed by atoms with E-state index in [9.17, 15) is 0 Å². The second-order valence-electron chi connectivity index (χ2n) is 5.61. The molecule has 0 N–H and O–H groups in total. The van der Waals surface area contributed by atoms with E-state index < -0.39 is 0 Å². The molecular formula is C17H26N2. The minimum atomic E-state index is 0.469. The molecule has 0 atom stereocenters. The van der Waals surface area contributed by atoms with Gasteiger partial charge in [0.2, 0.25) is 0 Å². The Hall–Kier alpha value is -1.57. The van der Waals surface area contributed by atoms with E-state index in [0.29, 0.717) is 5.92 Å². The van der Waals surface area contributed by atoms with Crippen LogP contribution in [0.1, 0.15) is 34.1 Å². The van der Waals surface area contributed by atoms with Gasteiger partial charge in [-0.15, -0.1) is 0 Å². The summed E-state index contributed by atoms with van der Waals surface area (Å²) in [6.07, 6.45) is 4.93. The number of likely N-dealkylation sites (N-methyl/N-ethyl adjacent to an activating group) is 1. The molecule has 104 valence electrons. The van der Waals surface area contributed by atoms with E-state index in [1.807, 2.05) is 6.08 Å². The Morgan fingerprint density at radius 2 is 2.05 bits per heavy atom. The van der Waals surface area contributed by atoms with E-state index in [-0.39, 0.29) is 0 Å². The summed E-state index contributed by atoms with van der Waals surface area (Å²) in [6.45, 7) is 17.3.